The van der Waals surface area contributed by atoms with E-state index < -0.39 is 47.4 Å². The second-order valence-electron chi connectivity index (χ2n) is 8.77. The number of hydrogen-bond acceptors (Lipinski definition) is 7. The van der Waals surface area contributed by atoms with E-state index in [0.29, 0.717) is 44.8 Å². The summed E-state index contributed by atoms with van der Waals surface area (Å²) in [4.78, 5) is 31.7. The molecule has 3 rings (SSSR count). The molecule has 2 amide bonds. The number of hydrazone groups is 1. The smallest absolute Gasteiger partial charge is 0.425 e. The van der Waals surface area contributed by atoms with E-state index in [1.807, 2.05) is 0 Å². The van der Waals surface area contributed by atoms with Crippen molar-refractivity contribution in [3.63, 3.8) is 0 Å². The Kier molecular flexibility index (Phi) is 9.22. The quantitative estimate of drug-likeness (QED) is 0.175. The highest BCUT2D eigenvalue weighted by atomic mass is 19.4. The topological polar surface area (TPSA) is 96.4 Å². The van der Waals surface area contributed by atoms with Crippen molar-refractivity contribution in [1.82, 2.24) is 15.3 Å². The lowest BCUT2D eigenvalue weighted by molar-refractivity contribution is -0.138. The summed E-state index contributed by atoms with van der Waals surface area (Å²) in [7, 11) is 0. The molecule has 0 radical (unpaired) electrons. The number of amides is 2. The third-order valence-electron chi connectivity index (χ3n) is 6.16. The van der Waals surface area contributed by atoms with Crippen LogP contribution in [0.5, 0.6) is 0 Å². The maximum absolute atomic E-state index is 13.2. The van der Waals surface area contributed by atoms with E-state index in [1.54, 1.807) is 15.2 Å². The van der Waals surface area contributed by atoms with Gasteiger partial charge >= 0.3 is 12.4 Å². The first-order valence-electron chi connectivity index (χ1n) is 11.7. The van der Waals surface area contributed by atoms with Crippen LogP contribution >= 0.6 is 0 Å². The van der Waals surface area contributed by atoms with Crippen LogP contribution in [0.25, 0.3) is 0 Å². The molecular weight excluding hydrogens is 524 g/mol. The van der Waals surface area contributed by atoms with Gasteiger partial charge in [0.2, 0.25) is 5.91 Å². The van der Waals surface area contributed by atoms with Crippen molar-refractivity contribution in [3.8, 4) is 0 Å². The van der Waals surface area contributed by atoms with Crippen molar-refractivity contribution in [2.75, 3.05) is 37.7 Å². The minimum atomic E-state index is -4.96. The summed E-state index contributed by atoms with van der Waals surface area (Å²) in [6.07, 6.45) is -8.61. The highest BCUT2D eigenvalue weighted by Crippen LogP contribution is 2.31. The number of anilines is 1. The molecule has 1 aromatic heterocycles. The number of carbonyl (C=O) groups excluding carboxylic acids is 2. The van der Waals surface area contributed by atoms with Crippen LogP contribution in [0.4, 0.5) is 32.2 Å². The van der Waals surface area contributed by atoms with Crippen LogP contribution in [0.2, 0.25) is 0 Å². The monoisotopic (exact) mass is 551 g/mol. The van der Waals surface area contributed by atoms with Crippen LogP contribution < -0.4 is 10.3 Å². The minimum Gasteiger partial charge on any atom is -0.495 e. The molecule has 1 aromatic rings. The lowest BCUT2D eigenvalue weighted by Gasteiger charge is -2.36. The van der Waals surface area contributed by atoms with Crippen molar-refractivity contribution in [3.05, 3.63) is 35.2 Å². The van der Waals surface area contributed by atoms with Gasteiger partial charge in [0.15, 0.2) is 5.57 Å². The molecular formula is C23H27F6N5O4. The summed E-state index contributed by atoms with van der Waals surface area (Å²) in [6, 6.07) is 2.26. The number of ether oxygens (including phenoxy) is 2. The first-order chi connectivity index (χ1) is 17.8. The predicted octanol–water partition coefficient (Wildman–Crippen LogP) is 3.27. The molecule has 0 aliphatic carbocycles. The second-order valence-corrected chi connectivity index (χ2v) is 8.77. The van der Waals surface area contributed by atoms with Crippen LogP contribution in [0.1, 0.15) is 31.7 Å². The molecule has 210 valence electrons. The van der Waals surface area contributed by atoms with Gasteiger partial charge in [-0.2, -0.15) is 31.4 Å². The number of pyridine rings is 1. The maximum atomic E-state index is 13.2. The third kappa shape index (κ3) is 7.58. The van der Waals surface area contributed by atoms with Gasteiger partial charge in [-0.15, -0.1) is 0 Å². The van der Waals surface area contributed by atoms with Crippen LogP contribution in [0.3, 0.4) is 0 Å². The normalized spacial score (nSPS) is 21.1. The van der Waals surface area contributed by atoms with E-state index in [0.717, 1.165) is 19.2 Å². The maximum Gasteiger partial charge on any atom is 0.425 e. The van der Waals surface area contributed by atoms with Crippen molar-refractivity contribution in [1.29, 1.82) is 0 Å². The van der Waals surface area contributed by atoms with Crippen LogP contribution in [0, 0.1) is 0 Å². The largest absolute Gasteiger partial charge is 0.495 e. The van der Waals surface area contributed by atoms with Gasteiger partial charge < -0.3 is 19.3 Å². The van der Waals surface area contributed by atoms with Crippen LogP contribution in [-0.2, 0) is 25.2 Å². The number of hydrogen-bond donors (Lipinski definition) is 1. The molecule has 15 heteroatoms. The fourth-order valence-electron chi connectivity index (χ4n) is 4.21. The Bertz CT molecular complexity index is 1040. The van der Waals surface area contributed by atoms with E-state index in [9.17, 15) is 35.9 Å². The van der Waals surface area contributed by atoms with Gasteiger partial charge in [0.05, 0.1) is 24.2 Å². The lowest BCUT2D eigenvalue weighted by atomic mass is 10.1. The minimum absolute atomic E-state index is 0.0745. The summed E-state index contributed by atoms with van der Waals surface area (Å²) in [5.74, 6) is -1.90. The SMILES string of the molecule is C=NNC(=O)/C(=C(\C)OC[C@H]1CC[C@H](CC(=O)N2CCN(c3ccc(C(F)(F)F)cn3)CC2)O1)C(F)(F)F. The average Bonchev–Trinajstić information content (AvgIpc) is 3.29. The molecule has 2 aliphatic rings. The molecule has 3 heterocycles. The molecule has 2 atom stereocenters. The standard InChI is InChI=1S/C23H27F6N5O4/c1-14(20(23(27,28)29)21(36)32-30-2)37-13-17-5-4-16(38-17)11-19(35)34-9-7-33(8-10-34)18-6-3-15(12-31-18)22(24,25)26/h3,6,12,16-17H,2,4-5,7-11,13H2,1H3,(H,32,36)/b20-14-/t16-,17-/m1/s1. The zero-order valence-corrected chi connectivity index (χ0v) is 20.4. The Morgan fingerprint density at radius 2 is 1.79 bits per heavy atom. The molecule has 0 spiro atoms. The van der Waals surface area contributed by atoms with Gasteiger partial charge in [-0.25, -0.2) is 10.4 Å². The molecule has 0 saturated carbocycles. The van der Waals surface area contributed by atoms with Gasteiger partial charge in [-0.3, -0.25) is 9.59 Å². The highest BCUT2D eigenvalue weighted by Gasteiger charge is 2.42. The van der Waals surface area contributed by atoms with Gasteiger partial charge in [0.1, 0.15) is 18.2 Å². The number of nitrogens with zero attached hydrogens (tertiary/aromatic N) is 4. The van der Waals surface area contributed by atoms with Crippen LogP contribution in [0.15, 0.2) is 34.8 Å². The summed E-state index contributed by atoms with van der Waals surface area (Å²) in [5, 5.41) is 2.95. The van der Waals surface area contributed by atoms with E-state index in [2.05, 4.69) is 16.8 Å². The fourth-order valence-corrected chi connectivity index (χ4v) is 4.21. The Morgan fingerprint density at radius 1 is 1.13 bits per heavy atom. The number of carbonyl (C=O) groups is 2. The summed E-state index contributed by atoms with van der Waals surface area (Å²) in [5.41, 5.74) is -0.726. The summed E-state index contributed by atoms with van der Waals surface area (Å²) >= 11 is 0. The number of halogens is 6. The van der Waals surface area contributed by atoms with Gasteiger partial charge in [-0.05, 0) is 31.9 Å². The Morgan fingerprint density at radius 3 is 2.34 bits per heavy atom. The molecule has 0 unspecified atom stereocenters. The molecule has 2 fully saturated rings. The van der Waals surface area contributed by atoms with Gasteiger partial charge in [0, 0.05) is 39.1 Å². The lowest BCUT2D eigenvalue weighted by Crippen LogP contribution is -2.49. The van der Waals surface area contributed by atoms with E-state index in [-0.39, 0.29) is 18.9 Å². The highest BCUT2D eigenvalue weighted by molar-refractivity contribution is 5.95. The zero-order chi connectivity index (χ0) is 28.1. The Balaban J connectivity index is 1.45. The van der Waals surface area contributed by atoms with Crippen molar-refractivity contribution in [2.45, 2.75) is 50.7 Å². The number of nitrogens with one attached hydrogen (secondary N) is 1. The molecule has 38 heavy (non-hydrogen) atoms. The number of piperazine rings is 1. The average molecular weight is 551 g/mol. The summed E-state index contributed by atoms with van der Waals surface area (Å²) < 4.78 is 88.8. The second kappa shape index (κ2) is 12.0. The Hall–Kier alpha value is -3.36. The van der Waals surface area contributed by atoms with Crippen molar-refractivity contribution >= 4 is 24.3 Å². The van der Waals surface area contributed by atoms with E-state index in [1.165, 1.54) is 6.07 Å². The van der Waals surface area contributed by atoms with E-state index in [4.69, 9.17) is 9.47 Å². The molecule has 0 aromatic carbocycles. The predicted molar refractivity (Wildman–Crippen MR) is 123 cm³/mol. The molecule has 0 bridgehead atoms. The third-order valence-corrected chi connectivity index (χ3v) is 6.16. The molecule has 2 saturated heterocycles. The first-order valence-corrected chi connectivity index (χ1v) is 11.7. The van der Waals surface area contributed by atoms with Gasteiger partial charge in [0.25, 0.3) is 5.91 Å². The first kappa shape index (κ1) is 29.2. The van der Waals surface area contributed by atoms with Crippen molar-refractivity contribution < 1.29 is 45.4 Å². The van der Waals surface area contributed by atoms with Crippen molar-refractivity contribution in [2.24, 2.45) is 5.10 Å². The molecule has 9 nitrogen and oxygen atoms in total. The van der Waals surface area contributed by atoms with E-state index >= 15 is 0 Å². The Labute approximate surface area is 214 Å². The zero-order valence-electron chi connectivity index (χ0n) is 20.4. The number of allylic oxidation sites excluding steroid dienone is 1. The number of alkyl halides is 6. The summed E-state index contributed by atoms with van der Waals surface area (Å²) in [6.45, 7) is 5.21. The molecule has 2 aliphatic heterocycles. The fraction of sp³-hybridized carbons (Fsp3) is 0.565. The number of aromatic nitrogens is 1. The van der Waals surface area contributed by atoms with Gasteiger partial charge in [-0.1, -0.05) is 0 Å². The molecule has 1 N–H and O–H groups in total. The number of rotatable bonds is 8. The van der Waals surface area contributed by atoms with Crippen LogP contribution in [-0.4, -0.2) is 79.6 Å².